The summed E-state index contributed by atoms with van der Waals surface area (Å²) in [5, 5.41) is 12.1. The molecule has 1 aliphatic heterocycles. The number of likely N-dealkylation sites (tertiary alicyclic amines) is 1. The fourth-order valence-corrected chi connectivity index (χ4v) is 3.51. The lowest BCUT2D eigenvalue weighted by Crippen LogP contribution is -2.31. The molecule has 3 rings (SSSR count). The Morgan fingerprint density at radius 3 is 2.41 bits per heavy atom. The molecule has 11 heteroatoms. The first-order valence-electron chi connectivity index (χ1n) is 9.47. The maximum Gasteiger partial charge on any atom is 0.416 e. The van der Waals surface area contributed by atoms with Gasteiger partial charge in [-0.05, 0) is 29.8 Å². The van der Waals surface area contributed by atoms with Crippen molar-refractivity contribution >= 4 is 11.8 Å². The van der Waals surface area contributed by atoms with E-state index in [-0.39, 0.29) is 31.6 Å². The molecule has 0 radical (unpaired) electrons. The van der Waals surface area contributed by atoms with E-state index in [1.807, 2.05) is 0 Å². The Hall–Kier alpha value is -3.24. The third-order valence-electron chi connectivity index (χ3n) is 5.10. The first-order chi connectivity index (χ1) is 14.9. The van der Waals surface area contributed by atoms with Crippen LogP contribution in [0.4, 0.5) is 26.3 Å². The number of hydrogen-bond donors (Lipinski definition) is 2. The van der Waals surface area contributed by atoms with Gasteiger partial charge in [-0.2, -0.15) is 26.3 Å². The van der Waals surface area contributed by atoms with Gasteiger partial charge in [-0.3, -0.25) is 9.59 Å². The molecule has 0 bridgehead atoms. The van der Waals surface area contributed by atoms with Crippen molar-refractivity contribution in [3.8, 4) is 5.75 Å². The standard InChI is InChI=1S/C21H18F6N2O3/c22-20(23,24)14-5-6-17(30)15(8-14)19(32)28-9-12-7-18(31)29(10-12)11-13-3-1-2-4-16(13)21(25,26)27/h1-6,8,12,30H,7,9-11H2,(H,28,32). The third kappa shape index (κ3) is 5.32. The zero-order valence-electron chi connectivity index (χ0n) is 16.4. The predicted octanol–water partition coefficient (Wildman–Crippen LogP) is 4.21. The number of carbonyl (C=O) groups is 2. The molecule has 1 aliphatic rings. The zero-order chi connectivity index (χ0) is 23.7. The van der Waals surface area contributed by atoms with Crippen LogP contribution in [0, 0.1) is 5.92 Å². The van der Waals surface area contributed by atoms with Gasteiger partial charge >= 0.3 is 12.4 Å². The Kier molecular flexibility index (Phi) is 6.38. The van der Waals surface area contributed by atoms with Gasteiger partial charge in [0.05, 0.1) is 16.7 Å². The van der Waals surface area contributed by atoms with Crippen LogP contribution in [-0.2, 0) is 23.7 Å². The van der Waals surface area contributed by atoms with Crippen LogP contribution in [0.3, 0.4) is 0 Å². The van der Waals surface area contributed by atoms with Crippen LogP contribution in [0.5, 0.6) is 5.75 Å². The number of nitrogens with zero attached hydrogens (tertiary/aromatic N) is 1. The number of aromatic hydroxyl groups is 1. The number of carbonyl (C=O) groups excluding carboxylic acids is 2. The minimum atomic E-state index is -4.70. The second-order valence-electron chi connectivity index (χ2n) is 7.44. The van der Waals surface area contributed by atoms with Crippen molar-refractivity contribution in [1.82, 2.24) is 10.2 Å². The average molecular weight is 460 g/mol. The molecule has 0 saturated carbocycles. The SMILES string of the molecule is O=C(NCC1CC(=O)N(Cc2ccccc2C(F)(F)F)C1)c1cc(C(F)(F)F)ccc1O. The lowest BCUT2D eigenvalue weighted by molar-refractivity contribution is -0.139. The molecule has 1 unspecified atom stereocenters. The molecule has 0 spiro atoms. The molecule has 0 aromatic heterocycles. The number of amides is 2. The lowest BCUT2D eigenvalue weighted by atomic mass is 10.1. The van der Waals surface area contributed by atoms with E-state index < -0.39 is 52.5 Å². The van der Waals surface area contributed by atoms with Gasteiger partial charge in [0.15, 0.2) is 0 Å². The number of hydrogen-bond acceptors (Lipinski definition) is 3. The molecular formula is C21H18F6N2O3. The van der Waals surface area contributed by atoms with Gasteiger partial charge < -0.3 is 15.3 Å². The van der Waals surface area contributed by atoms with Crippen LogP contribution in [0.15, 0.2) is 42.5 Å². The highest BCUT2D eigenvalue weighted by Gasteiger charge is 2.36. The number of benzene rings is 2. The van der Waals surface area contributed by atoms with Gasteiger partial charge in [0.25, 0.3) is 5.91 Å². The number of phenolic OH excluding ortho intramolecular Hbond substituents is 1. The molecule has 0 aliphatic carbocycles. The Morgan fingerprint density at radius 1 is 1.06 bits per heavy atom. The van der Waals surface area contributed by atoms with Crippen LogP contribution < -0.4 is 5.32 Å². The molecule has 5 nitrogen and oxygen atoms in total. The highest BCUT2D eigenvalue weighted by molar-refractivity contribution is 5.97. The summed E-state index contributed by atoms with van der Waals surface area (Å²) in [6.45, 7) is -0.287. The van der Waals surface area contributed by atoms with Crippen molar-refractivity contribution in [2.24, 2.45) is 5.92 Å². The Balaban J connectivity index is 1.63. The number of phenols is 1. The smallest absolute Gasteiger partial charge is 0.416 e. The quantitative estimate of drug-likeness (QED) is 0.657. The van der Waals surface area contributed by atoms with Crippen LogP contribution in [0.2, 0.25) is 0 Å². The van der Waals surface area contributed by atoms with E-state index in [4.69, 9.17) is 0 Å². The largest absolute Gasteiger partial charge is 0.507 e. The highest BCUT2D eigenvalue weighted by atomic mass is 19.4. The normalized spacial score (nSPS) is 17.0. The average Bonchev–Trinajstić information content (AvgIpc) is 3.04. The number of rotatable bonds is 5. The molecule has 1 heterocycles. The molecule has 2 aromatic carbocycles. The molecule has 2 aromatic rings. The summed E-state index contributed by atoms with van der Waals surface area (Å²) in [5.74, 6) is -2.44. The minimum absolute atomic E-state index is 0.0387. The van der Waals surface area contributed by atoms with Crippen molar-refractivity contribution in [3.63, 3.8) is 0 Å². The fraction of sp³-hybridized carbons (Fsp3) is 0.333. The summed E-state index contributed by atoms with van der Waals surface area (Å²) >= 11 is 0. The van der Waals surface area contributed by atoms with Gasteiger partial charge in [0.1, 0.15) is 5.75 Å². The van der Waals surface area contributed by atoms with E-state index in [1.54, 1.807) is 0 Å². The highest BCUT2D eigenvalue weighted by Crippen LogP contribution is 2.34. The van der Waals surface area contributed by atoms with Gasteiger partial charge in [-0.25, -0.2) is 0 Å². The van der Waals surface area contributed by atoms with E-state index in [0.29, 0.717) is 12.1 Å². The van der Waals surface area contributed by atoms with Crippen molar-refractivity contribution in [2.45, 2.75) is 25.3 Å². The van der Waals surface area contributed by atoms with Crippen LogP contribution >= 0.6 is 0 Å². The molecule has 1 saturated heterocycles. The molecule has 32 heavy (non-hydrogen) atoms. The van der Waals surface area contributed by atoms with Gasteiger partial charge in [0.2, 0.25) is 5.91 Å². The Morgan fingerprint density at radius 2 is 1.75 bits per heavy atom. The first kappa shape index (κ1) is 23.4. The topological polar surface area (TPSA) is 69.6 Å². The van der Waals surface area contributed by atoms with Crippen molar-refractivity contribution in [3.05, 3.63) is 64.7 Å². The maximum absolute atomic E-state index is 13.2. The van der Waals surface area contributed by atoms with E-state index in [1.165, 1.54) is 23.1 Å². The second-order valence-corrected chi connectivity index (χ2v) is 7.44. The van der Waals surface area contributed by atoms with Gasteiger partial charge in [-0.1, -0.05) is 18.2 Å². The molecule has 2 amide bonds. The summed E-state index contributed by atoms with van der Waals surface area (Å²) in [6, 6.07) is 6.81. The zero-order valence-corrected chi connectivity index (χ0v) is 16.4. The minimum Gasteiger partial charge on any atom is -0.507 e. The van der Waals surface area contributed by atoms with E-state index in [9.17, 15) is 41.0 Å². The predicted molar refractivity (Wildman–Crippen MR) is 100 cm³/mol. The lowest BCUT2D eigenvalue weighted by Gasteiger charge is -2.20. The number of alkyl halides is 6. The van der Waals surface area contributed by atoms with Gasteiger partial charge in [0, 0.05) is 32.0 Å². The molecular weight excluding hydrogens is 442 g/mol. The Bertz CT molecular complexity index is 1020. The van der Waals surface area contributed by atoms with Crippen LogP contribution in [0.1, 0.15) is 33.5 Å². The van der Waals surface area contributed by atoms with E-state index >= 15 is 0 Å². The number of nitrogens with one attached hydrogen (secondary N) is 1. The van der Waals surface area contributed by atoms with E-state index in [0.717, 1.165) is 12.1 Å². The summed E-state index contributed by atoms with van der Waals surface area (Å²) in [5.41, 5.74) is -2.58. The number of halogens is 6. The maximum atomic E-state index is 13.2. The fourth-order valence-electron chi connectivity index (χ4n) is 3.51. The second kappa shape index (κ2) is 8.71. The molecule has 2 N–H and O–H groups in total. The van der Waals surface area contributed by atoms with Gasteiger partial charge in [-0.15, -0.1) is 0 Å². The first-order valence-corrected chi connectivity index (χ1v) is 9.47. The summed E-state index contributed by atoms with van der Waals surface area (Å²) < 4.78 is 78.0. The molecule has 1 atom stereocenters. The van der Waals surface area contributed by atoms with Crippen LogP contribution in [-0.4, -0.2) is 34.9 Å². The summed E-state index contributed by atoms with van der Waals surface area (Å²) in [7, 11) is 0. The van der Waals surface area contributed by atoms with Crippen LogP contribution in [0.25, 0.3) is 0 Å². The van der Waals surface area contributed by atoms with Crippen molar-refractivity contribution in [2.75, 3.05) is 13.1 Å². The monoisotopic (exact) mass is 460 g/mol. The summed E-state index contributed by atoms with van der Waals surface area (Å²) in [6.07, 6.45) is -9.31. The Labute approximate surface area is 178 Å². The van der Waals surface area contributed by atoms with Crippen molar-refractivity contribution in [1.29, 1.82) is 0 Å². The molecule has 172 valence electrons. The summed E-state index contributed by atoms with van der Waals surface area (Å²) in [4.78, 5) is 25.7. The molecule has 1 fully saturated rings. The van der Waals surface area contributed by atoms with Crippen molar-refractivity contribution < 1.29 is 41.0 Å². The van der Waals surface area contributed by atoms with E-state index in [2.05, 4.69) is 5.32 Å². The third-order valence-corrected chi connectivity index (χ3v) is 5.10.